The summed E-state index contributed by atoms with van der Waals surface area (Å²) in [6.45, 7) is 1.86. The van der Waals surface area contributed by atoms with Crippen molar-refractivity contribution in [2.45, 2.75) is 25.3 Å². The van der Waals surface area contributed by atoms with E-state index in [1.165, 1.54) is 6.07 Å². The first-order valence-corrected chi connectivity index (χ1v) is 5.32. The summed E-state index contributed by atoms with van der Waals surface area (Å²) in [6, 6.07) is 4.91. The summed E-state index contributed by atoms with van der Waals surface area (Å²) >= 11 is 0. The molecule has 16 heavy (non-hydrogen) atoms. The molecule has 2 aromatic rings. The predicted octanol–water partition coefficient (Wildman–Crippen LogP) is 2.03. The van der Waals surface area contributed by atoms with Gasteiger partial charge < -0.3 is 5.73 Å². The molecule has 0 radical (unpaired) electrons. The maximum absolute atomic E-state index is 13.6. The van der Waals surface area contributed by atoms with Gasteiger partial charge in [-0.15, -0.1) is 0 Å². The fourth-order valence-corrected chi connectivity index (χ4v) is 1.85. The normalized spacial score (nSPS) is 17.7. The Kier molecular flexibility index (Phi) is 1.80. The van der Waals surface area contributed by atoms with E-state index in [0.717, 1.165) is 23.9 Å². The number of halogens is 1. The zero-order valence-corrected chi connectivity index (χ0v) is 9.00. The molecule has 1 aliphatic rings. The van der Waals surface area contributed by atoms with Gasteiger partial charge >= 0.3 is 0 Å². The molecule has 0 amide bonds. The highest BCUT2D eigenvalue weighted by atomic mass is 19.1. The first kappa shape index (κ1) is 9.66. The molecule has 1 fully saturated rings. The zero-order valence-electron chi connectivity index (χ0n) is 9.00. The molecule has 3 rings (SSSR count). The van der Waals surface area contributed by atoms with Gasteiger partial charge in [0.2, 0.25) is 0 Å². The Hall–Kier alpha value is -1.55. The van der Waals surface area contributed by atoms with Gasteiger partial charge in [-0.3, -0.25) is 0 Å². The SMILES string of the molecule is Cc1nc(C2(N)CC2)nc2c(F)cccc12. The molecule has 1 aliphatic carbocycles. The third kappa shape index (κ3) is 1.30. The van der Waals surface area contributed by atoms with Crippen molar-refractivity contribution in [3.63, 3.8) is 0 Å². The summed E-state index contributed by atoms with van der Waals surface area (Å²) in [5.41, 5.74) is 6.78. The van der Waals surface area contributed by atoms with Crippen molar-refractivity contribution in [3.05, 3.63) is 35.5 Å². The number of para-hydroxylation sites is 1. The van der Waals surface area contributed by atoms with E-state index in [9.17, 15) is 4.39 Å². The molecule has 0 saturated heterocycles. The molecule has 0 unspecified atom stereocenters. The van der Waals surface area contributed by atoms with Crippen LogP contribution in [0.2, 0.25) is 0 Å². The Labute approximate surface area is 92.5 Å². The second-order valence-electron chi connectivity index (χ2n) is 4.42. The maximum Gasteiger partial charge on any atom is 0.149 e. The van der Waals surface area contributed by atoms with Gasteiger partial charge in [-0.2, -0.15) is 0 Å². The molecule has 1 aromatic carbocycles. The minimum absolute atomic E-state index is 0.312. The zero-order chi connectivity index (χ0) is 11.3. The van der Waals surface area contributed by atoms with E-state index in [0.29, 0.717) is 11.3 Å². The fraction of sp³-hybridized carbons (Fsp3) is 0.333. The van der Waals surface area contributed by atoms with Crippen molar-refractivity contribution in [2.75, 3.05) is 0 Å². The minimum Gasteiger partial charge on any atom is -0.319 e. The van der Waals surface area contributed by atoms with Gasteiger partial charge in [-0.25, -0.2) is 14.4 Å². The lowest BCUT2D eigenvalue weighted by Gasteiger charge is -2.10. The molecule has 0 spiro atoms. The highest BCUT2D eigenvalue weighted by Gasteiger charge is 2.43. The summed E-state index contributed by atoms with van der Waals surface area (Å²) in [4.78, 5) is 8.63. The van der Waals surface area contributed by atoms with Crippen molar-refractivity contribution in [2.24, 2.45) is 5.73 Å². The smallest absolute Gasteiger partial charge is 0.149 e. The van der Waals surface area contributed by atoms with Crippen LogP contribution >= 0.6 is 0 Å². The summed E-state index contributed by atoms with van der Waals surface area (Å²) < 4.78 is 13.6. The van der Waals surface area contributed by atoms with Gasteiger partial charge in [0.1, 0.15) is 17.2 Å². The van der Waals surface area contributed by atoms with Crippen LogP contribution in [-0.4, -0.2) is 9.97 Å². The molecule has 1 aromatic heterocycles. The highest BCUT2D eigenvalue weighted by molar-refractivity contribution is 5.81. The average Bonchev–Trinajstić information content (AvgIpc) is 2.99. The lowest BCUT2D eigenvalue weighted by atomic mass is 10.1. The lowest BCUT2D eigenvalue weighted by Crippen LogP contribution is -2.22. The molecular formula is C12H12FN3. The summed E-state index contributed by atoms with van der Waals surface area (Å²) in [5.74, 6) is 0.260. The van der Waals surface area contributed by atoms with Crippen LogP contribution in [0.4, 0.5) is 4.39 Å². The van der Waals surface area contributed by atoms with Gasteiger partial charge in [0.25, 0.3) is 0 Å². The van der Waals surface area contributed by atoms with E-state index < -0.39 is 5.54 Å². The third-order valence-electron chi connectivity index (χ3n) is 3.10. The Morgan fingerprint density at radius 2 is 2.06 bits per heavy atom. The molecule has 82 valence electrons. The fourth-order valence-electron chi connectivity index (χ4n) is 1.85. The van der Waals surface area contributed by atoms with Crippen LogP contribution in [0.25, 0.3) is 10.9 Å². The van der Waals surface area contributed by atoms with Crippen LogP contribution < -0.4 is 5.73 Å². The number of nitrogens with two attached hydrogens (primary N) is 1. The third-order valence-corrected chi connectivity index (χ3v) is 3.10. The van der Waals surface area contributed by atoms with Crippen LogP contribution in [0.5, 0.6) is 0 Å². The van der Waals surface area contributed by atoms with Crippen molar-refractivity contribution in [1.82, 2.24) is 9.97 Å². The number of fused-ring (bicyclic) bond motifs is 1. The van der Waals surface area contributed by atoms with E-state index in [-0.39, 0.29) is 5.82 Å². The minimum atomic E-state index is -0.415. The number of aromatic nitrogens is 2. The van der Waals surface area contributed by atoms with Crippen LogP contribution in [0.3, 0.4) is 0 Å². The molecule has 0 aliphatic heterocycles. The van der Waals surface area contributed by atoms with Gasteiger partial charge in [-0.05, 0) is 25.8 Å². The van der Waals surface area contributed by atoms with Crippen LogP contribution in [0.15, 0.2) is 18.2 Å². The van der Waals surface area contributed by atoms with Gasteiger partial charge in [0.15, 0.2) is 0 Å². The van der Waals surface area contributed by atoms with Gasteiger partial charge in [-0.1, -0.05) is 12.1 Å². The monoisotopic (exact) mass is 217 g/mol. The second-order valence-corrected chi connectivity index (χ2v) is 4.42. The van der Waals surface area contributed by atoms with E-state index in [1.54, 1.807) is 6.07 Å². The highest BCUT2D eigenvalue weighted by Crippen LogP contribution is 2.41. The van der Waals surface area contributed by atoms with E-state index >= 15 is 0 Å². The number of rotatable bonds is 1. The average molecular weight is 217 g/mol. The van der Waals surface area contributed by atoms with Crippen LogP contribution in [0.1, 0.15) is 24.4 Å². The van der Waals surface area contributed by atoms with E-state index in [1.807, 2.05) is 13.0 Å². The van der Waals surface area contributed by atoms with Crippen molar-refractivity contribution in [1.29, 1.82) is 0 Å². The molecule has 2 N–H and O–H groups in total. The molecule has 0 bridgehead atoms. The molecule has 1 saturated carbocycles. The lowest BCUT2D eigenvalue weighted by molar-refractivity contribution is 0.628. The van der Waals surface area contributed by atoms with Crippen LogP contribution in [0, 0.1) is 12.7 Å². The maximum atomic E-state index is 13.6. The Bertz CT molecular complexity index is 576. The molecule has 0 atom stereocenters. The molecular weight excluding hydrogens is 205 g/mol. The second kappa shape index (κ2) is 2.98. The first-order chi connectivity index (χ1) is 7.60. The Morgan fingerprint density at radius 1 is 1.31 bits per heavy atom. The quantitative estimate of drug-likeness (QED) is 0.795. The van der Waals surface area contributed by atoms with Gasteiger partial charge in [0.05, 0.1) is 5.54 Å². The van der Waals surface area contributed by atoms with Crippen molar-refractivity contribution in [3.8, 4) is 0 Å². The first-order valence-electron chi connectivity index (χ1n) is 5.32. The Balaban J connectivity index is 2.32. The number of hydrogen-bond acceptors (Lipinski definition) is 3. The van der Waals surface area contributed by atoms with Crippen molar-refractivity contribution >= 4 is 10.9 Å². The number of aryl methyl sites for hydroxylation is 1. The topological polar surface area (TPSA) is 51.8 Å². The largest absolute Gasteiger partial charge is 0.319 e. The predicted molar refractivity (Wildman–Crippen MR) is 59.3 cm³/mol. The molecule has 3 nitrogen and oxygen atoms in total. The molecule has 4 heteroatoms. The number of hydrogen-bond donors (Lipinski definition) is 1. The van der Waals surface area contributed by atoms with Crippen LogP contribution in [-0.2, 0) is 5.54 Å². The molecule has 1 heterocycles. The standard InChI is InChI=1S/C12H12FN3/c1-7-8-3-2-4-9(13)10(8)16-11(15-7)12(14)5-6-12/h2-4H,5-6,14H2,1H3. The summed E-state index contributed by atoms with van der Waals surface area (Å²) in [7, 11) is 0. The summed E-state index contributed by atoms with van der Waals surface area (Å²) in [5, 5.41) is 0.757. The Morgan fingerprint density at radius 3 is 2.75 bits per heavy atom. The number of nitrogens with zero attached hydrogens (tertiary/aromatic N) is 2. The summed E-state index contributed by atoms with van der Waals surface area (Å²) in [6.07, 6.45) is 1.76. The van der Waals surface area contributed by atoms with Gasteiger partial charge in [0, 0.05) is 11.1 Å². The van der Waals surface area contributed by atoms with E-state index in [4.69, 9.17) is 5.73 Å². The number of benzene rings is 1. The van der Waals surface area contributed by atoms with E-state index in [2.05, 4.69) is 9.97 Å². The van der Waals surface area contributed by atoms with Crippen molar-refractivity contribution < 1.29 is 4.39 Å².